The van der Waals surface area contributed by atoms with E-state index in [1.807, 2.05) is 56.1 Å². The number of benzene rings is 1. The minimum absolute atomic E-state index is 0.0437. The first-order valence-electron chi connectivity index (χ1n) is 8.52. The van der Waals surface area contributed by atoms with Crippen molar-refractivity contribution in [2.45, 2.75) is 13.8 Å². The predicted molar refractivity (Wildman–Crippen MR) is 103 cm³/mol. The summed E-state index contributed by atoms with van der Waals surface area (Å²) in [6.07, 6.45) is 0. The number of hydrogen-bond donors (Lipinski definition) is 1. The minimum atomic E-state index is -3.23. The zero-order valence-electron chi connectivity index (χ0n) is 15.6. The van der Waals surface area contributed by atoms with Crippen molar-refractivity contribution in [2.24, 2.45) is 4.99 Å². The highest BCUT2D eigenvalue weighted by molar-refractivity contribution is 7.89. The Kier molecular flexibility index (Phi) is 9.30. The first kappa shape index (κ1) is 21.2. The molecule has 1 N–H and O–H groups in total. The molecule has 0 aromatic heterocycles. The van der Waals surface area contributed by atoms with Gasteiger partial charge in [0.2, 0.25) is 10.0 Å². The molecular formula is C17H30N4O3S. The number of likely N-dealkylation sites (N-methyl/N-ethyl adjacent to an activating group) is 1. The van der Waals surface area contributed by atoms with Crippen LogP contribution >= 0.6 is 0 Å². The van der Waals surface area contributed by atoms with Gasteiger partial charge in [0, 0.05) is 33.7 Å². The number of guanidine groups is 1. The van der Waals surface area contributed by atoms with Gasteiger partial charge in [-0.1, -0.05) is 32.0 Å². The van der Waals surface area contributed by atoms with Crippen molar-refractivity contribution in [1.82, 2.24) is 14.5 Å². The highest BCUT2D eigenvalue weighted by atomic mass is 32.2. The summed E-state index contributed by atoms with van der Waals surface area (Å²) < 4.78 is 31.5. The molecule has 7 nitrogen and oxygen atoms in total. The molecule has 0 fully saturated rings. The molecule has 8 heteroatoms. The zero-order chi connectivity index (χ0) is 18.7. The van der Waals surface area contributed by atoms with Crippen molar-refractivity contribution in [3.8, 4) is 5.75 Å². The van der Waals surface area contributed by atoms with Crippen molar-refractivity contribution >= 4 is 16.0 Å². The fourth-order valence-corrected chi connectivity index (χ4v) is 3.75. The second-order valence-electron chi connectivity index (χ2n) is 5.46. The van der Waals surface area contributed by atoms with Crippen LogP contribution in [0.1, 0.15) is 13.8 Å². The fourth-order valence-electron chi connectivity index (χ4n) is 2.35. The second kappa shape index (κ2) is 10.9. The standard InChI is InChI=1S/C17H30N4O3S/c1-5-21(6-2)25(22,23)15-12-19-17(18-3)20(4)13-14-24-16-10-8-7-9-11-16/h7-11H,5-6,12-15H2,1-4H3,(H,18,19). The number of para-hydroxylation sites is 1. The van der Waals surface area contributed by atoms with Crippen LogP contribution in [0.4, 0.5) is 0 Å². The van der Waals surface area contributed by atoms with E-state index in [-0.39, 0.29) is 5.75 Å². The Bertz CT molecular complexity index is 616. The van der Waals surface area contributed by atoms with Gasteiger partial charge in [0.1, 0.15) is 12.4 Å². The summed E-state index contributed by atoms with van der Waals surface area (Å²) in [7, 11) is 0.335. The van der Waals surface area contributed by atoms with Crippen molar-refractivity contribution in [3.63, 3.8) is 0 Å². The molecule has 0 aliphatic heterocycles. The van der Waals surface area contributed by atoms with Crippen molar-refractivity contribution in [1.29, 1.82) is 0 Å². The number of sulfonamides is 1. The second-order valence-corrected chi connectivity index (χ2v) is 7.55. The highest BCUT2D eigenvalue weighted by Crippen LogP contribution is 2.07. The lowest BCUT2D eigenvalue weighted by Gasteiger charge is -2.23. The summed E-state index contributed by atoms with van der Waals surface area (Å²) in [5, 5.41) is 3.09. The van der Waals surface area contributed by atoms with Crippen LogP contribution in [0.25, 0.3) is 0 Å². The quantitative estimate of drug-likeness (QED) is 0.496. The normalized spacial score (nSPS) is 12.3. The lowest BCUT2D eigenvalue weighted by atomic mass is 10.3. The summed E-state index contributed by atoms with van der Waals surface area (Å²) in [5.41, 5.74) is 0. The van der Waals surface area contributed by atoms with Crippen LogP contribution in [0.15, 0.2) is 35.3 Å². The van der Waals surface area contributed by atoms with Crippen LogP contribution in [-0.2, 0) is 10.0 Å². The van der Waals surface area contributed by atoms with Crippen molar-refractivity contribution in [3.05, 3.63) is 30.3 Å². The van der Waals surface area contributed by atoms with Crippen LogP contribution in [0.5, 0.6) is 5.75 Å². The third kappa shape index (κ3) is 7.31. The maximum atomic E-state index is 12.2. The van der Waals surface area contributed by atoms with E-state index in [1.165, 1.54) is 4.31 Å². The smallest absolute Gasteiger partial charge is 0.215 e. The van der Waals surface area contributed by atoms with Gasteiger partial charge in [-0.15, -0.1) is 0 Å². The molecule has 142 valence electrons. The molecule has 0 saturated carbocycles. The summed E-state index contributed by atoms with van der Waals surface area (Å²) in [6, 6.07) is 9.61. The molecule has 0 saturated heterocycles. The highest BCUT2D eigenvalue weighted by Gasteiger charge is 2.18. The Labute approximate surface area is 151 Å². The van der Waals surface area contributed by atoms with Gasteiger partial charge in [-0.25, -0.2) is 12.7 Å². The molecule has 0 aliphatic carbocycles. The molecule has 0 bridgehead atoms. The third-order valence-electron chi connectivity index (χ3n) is 3.75. The SMILES string of the molecule is CCN(CC)S(=O)(=O)CCNC(=NC)N(C)CCOc1ccccc1. The number of nitrogens with one attached hydrogen (secondary N) is 1. The molecule has 0 spiro atoms. The Balaban J connectivity index is 2.40. The van der Waals surface area contributed by atoms with E-state index < -0.39 is 10.0 Å². The van der Waals surface area contributed by atoms with E-state index >= 15 is 0 Å². The average molecular weight is 371 g/mol. The van der Waals surface area contributed by atoms with Gasteiger partial charge in [-0.3, -0.25) is 4.99 Å². The number of ether oxygens (including phenoxy) is 1. The maximum Gasteiger partial charge on any atom is 0.215 e. The predicted octanol–water partition coefficient (Wildman–Crippen LogP) is 1.24. The lowest BCUT2D eigenvalue weighted by molar-refractivity contribution is 0.281. The molecule has 0 radical (unpaired) electrons. The summed E-state index contributed by atoms with van der Waals surface area (Å²) in [6.45, 7) is 6.13. The maximum absolute atomic E-state index is 12.2. The Morgan fingerprint density at radius 2 is 1.84 bits per heavy atom. The molecule has 1 rings (SSSR count). The zero-order valence-corrected chi connectivity index (χ0v) is 16.4. The number of rotatable bonds is 10. The van der Waals surface area contributed by atoms with E-state index in [4.69, 9.17) is 4.74 Å². The Morgan fingerprint density at radius 3 is 2.40 bits per heavy atom. The van der Waals surface area contributed by atoms with Gasteiger partial charge < -0.3 is 15.0 Å². The topological polar surface area (TPSA) is 74.2 Å². The summed E-state index contributed by atoms with van der Waals surface area (Å²) >= 11 is 0. The van der Waals surface area contributed by atoms with Gasteiger partial charge in [-0.05, 0) is 12.1 Å². The number of aliphatic imine (C=N–C) groups is 1. The van der Waals surface area contributed by atoms with Crippen molar-refractivity contribution in [2.75, 3.05) is 52.6 Å². The van der Waals surface area contributed by atoms with Crippen LogP contribution in [-0.4, -0.2) is 76.2 Å². The summed E-state index contributed by atoms with van der Waals surface area (Å²) in [4.78, 5) is 6.10. The molecule has 0 atom stereocenters. The van der Waals surface area contributed by atoms with Gasteiger partial charge in [-0.2, -0.15) is 0 Å². The van der Waals surface area contributed by atoms with E-state index in [0.717, 1.165) is 5.75 Å². The van der Waals surface area contributed by atoms with Crippen LogP contribution in [0.3, 0.4) is 0 Å². The van der Waals surface area contributed by atoms with E-state index in [1.54, 1.807) is 7.05 Å². The first-order valence-corrected chi connectivity index (χ1v) is 10.1. The van der Waals surface area contributed by atoms with Gasteiger partial charge >= 0.3 is 0 Å². The molecule has 25 heavy (non-hydrogen) atoms. The lowest BCUT2D eigenvalue weighted by Crippen LogP contribution is -2.44. The molecule has 0 heterocycles. The largest absolute Gasteiger partial charge is 0.492 e. The van der Waals surface area contributed by atoms with Crippen molar-refractivity contribution < 1.29 is 13.2 Å². The molecule has 0 amide bonds. The fraction of sp³-hybridized carbons (Fsp3) is 0.588. The minimum Gasteiger partial charge on any atom is -0.492 e. The van der Waals surface area contributed by atoms with Crippen LogP contribution < -0.4 is 10.1 Å². The molecule has 1 aromatic rings. The van der Waals surface area contributed by atoms with E-state index in [2.05, 4.69) is 10.3 Å². The van der Waals surface area contributed by atoms with E-state index in [0.29, 0.717) is 38.7 Å². The molecular weight excluding hydrogens is 340 g/mol. The monoisotopic (exact) mass is 370 g/mol. The van der Waals surface area contributed by atoms with E-state index in [9.17, 15) is 8.42 Å². The molecule has 0 unspecified atom stereocenters. The Morgan fingerprint density at radius 1 is 1.20 bits per heavy atom. The van der Waals surface area contributed by atoms with Gasteiger partial charge in [0.05, 0.1) is 12.3 Å². The van der Waals surface area contributed by atoms with Gasteiger partial charge in [0.15, 0.2) is 5.96 Å². The number of hydrogen-bond acceptors (Lipinski definition) is 4. The van der Waals surface area contributed by atoms with Gasteiger partial charge in [0.25, 0.3) is 0 Å². The number of nitrogens with zero attached hydrogens (tertiary/aromatic N) is 3. The Hall–Kier alpha value is -1.80. The van der Waals surface area contributed by atoms with Crippen LogP contribution in [0, 0.1) is 0 Å². The van der Waals surface area contributed by atoms with Crippen LogP contribution in [0.2, 0.25) is 0 Å². The molecule has 0 aliphatic rings. The summed E-state index contributed by atoms with van der Waals surface area (Å²) in [5.74, 6) is 1.51. The third-order valence-corrected chi connectivity index (χ3v) is 5.78. The average Bonchev–Trinajstić information content (AvgIpc) is 2.60. The first-order chi connectivity index (χ1) is 11.9. The molecule has 1 aromatic carbocycles.